The minimum absolute atomic E-state index is 0.144. The van der Waals surface area contributed by atoms with Crippen molar-refractivity contribution in [2.45, 2.75) is 6.92 Å². The Labute approximate surface area is 60.0 Å². The molecule has 0 saturated heterocycles. The zero-order chi connectivity index (χ0) is 8.15. The first kappa shape index (κ1) is 9.10. The maximum absolute atomic E-state index is 10.7. The van der Waals surface area contributed by atoms with Crippen molar-refractivity contribution < 1.29 is 9.59 Å². The molecule has 0 atom stereocenters. The Kier molecular flexibility index (Phi) is 3.64. The number of nitrogens with two attached hydrogens (primary N) is 1. The van der Waals surface area contributed by atoms with E-state index in [4.69, 9.17) is 5.73 Å². The molecule has 0 saturated carbocycles. The topological polar surface area (TPSA) is 63.4 Å². The molecule has 0 bridgehead atoms. The van der Waals surface area contributed by atoms with Gasteiger partial charge in [0.1, 0.15) is 0 Å². The number of amides is 2. The predicted molar refractivity (Wildman–Crippen MR) is 36.8 cm³/mol. The van der Waals surface area contributed by atoms with Crippen molar-refractivity contribution in [1.29, 1.82) is 0 Å². The van der Waals surface area contributed by atoms with Gasteiger partial charge in [-0.15, -0.1) is 0 Å². The monoisotopic (exact) mass is 143 g/mol. The summed E-state index contributed by atoms with van der Waals surface area (Å²) in [5.41, 5.74) is 5.02. The predicted octanol–water partition coefficient (Wildman–Crippen LogP) is -0.846. The average molecular weight is 143 g/mol. The van der Waals surface area contributed by atoms with E-state index in [0.717, 1.165) is 4.90 Å². The third kappa shape index (κ3) is 2.14. The highest BCUT2D eigenvalue weighted by atomic mass is 16.2. The second kappa shape index (κ2) is 4.00. The second-order valence-electron chi connectivity index (χ2n) is 1.77. The molecule has 0 fully saturated rings. The lowest BCUT2D eigenvalue weighted by Gasteiger charge is -2.14. The number of hydrogen-bond donors (Lipinski definition) is 1. The van der Waals surface area contributed by atoms with Crippen LogP contribution in [0.1, 0.15) is 6.92 Å². The lowest BCUT2D eigenvalue weighted by Crippen LogP contribution is -2.39. The first-order chi connectivity index (χ1) is 4.63. The maximum atomic E-state index is 10.7. The summed E-state index contributed by atoms with van der Waals surface area (Å²) in [6, 6.07) is 0. The van der Waals surface area contributed by atoms with Crippen molar-refractivity contribution in [3.63, 3.8) is 0 Å². The Bertz CT molecular complexity index is 145. The summed E-state index contributed by atoms with van der Waals surface area (Å²) in [6.07, 6.45) is 0. The summed E-state index contributed by atoms with van der Waals surface area (Å²) in [5, 5.41) is 0. The van der Waals surface area contributed by atoms with Crippen LogP contribution in [0.3, 0.4) is 0 Å². The fourth-order valence-electron chi connectivity index (χ4n) is 0.568. The number of rotatable bonds is 2. The van der Waals surface area contributed by atoms with Gasteiger partial charge in [-0.25, -0.2) is 0 Å². The molecule has 0 aromatic carbocycles. The number of carbonyl (C=O) groups is 2. The van der Waals surface area contributed by atoms with Crippen molar-refractivity contribution >= 4 is 11.8 Å². The molecule has 0 heterocycles. The zero-order valence-corrected chi connectivity index (χ0v) is 5.96. The van der Waals surface area contributed by atoms with Crippen LogP contribution in [0, 0.1) is 6.92 Å². The van der Waals surface area contributed by atoms with Crippen LogP contribution < -0.4 is 5.73 Å². The minimum Gasteiger partial charge on any atom is -0.322 e. The third-order valence-electron chi connectivity index (χ3n) is 1.08. The Morgan fingerprint density at radius 1 is 1.60 bits per heavy atom. The van der Waals surface area contributed by atoms with E-state index >= 15 is 0 Å². The van der Waals surface area contributed by atoms with Crippen LogP contribution in [0.5, 0.6) is 0 Å². The standard InChI is InChI=1S/C6H11N2O2/c1-3-8(5(2)9)6(10)4-7/h1,3-4,7H2,2H3. The van der Waals surface area contributed by atoms with Crippen molar-refractivity contribution in [2.24, 2.45) is 5.73 Å². The van der Waals surface area contributed by atoms with E-state index in [0.29, 0.717) is 0 Å². The molecule has 0 aliphatic rings. The molecule has 0 unspecified atom stereocenters. The zero-order valence-electron chi connectivity index (χ0n) is 5.96. The van der Waals surface area contributed by atoms with Crippen LogP contribution in [-0.4, -0.2) is 29.8 Å². The Morgan fingerprint density at radius 3 is 2.20 bits per heavy atom. The van der Waals surface area contributed by atoms with E-state index in [2.05, 4.69) is 6.92 Å². The summed E-state index contributed by atoms with van der Waals surface area (Å²) >= 11 is 0. The van der Waals surface area contributed by atoms with E-state index in [1.807, 2.05) is 0 Å². The summed E-state index contributed by atoms with van der Waals surface area (Å²) in [5.74, 6) is -0.701. The van der Waals surface area contributed by atoms with Crippen molar-refractivity contribution in [3.05, 3.63) is 6.92 Å². The number of imide groups is 1. The van der Waals surface area contributed by atoms with Gasteiger partial charge in [0.05, 0.1) is 6.54 Å². The molecule has 10 heavy (non-hydrogen) atoms. The fraction of sp³-hybridized carbons (Fsp3) is 0.500. The van der Waals surface area contributed by atoms with Gasteiger partial charge >= 0.3 is 0 Å². The Balaban J connectivity index is 4.06. The molecule has 2 amide bonds. The van der Waals surface area contributed by atoms with Gasteiger partial charge in [0.2, 0.25) is 11.8 Å². The summed E-state index contributed by atoms with van der Waals surface area (Å²) in [6.45, 7) is 4.71. The number of carbonyl (C=O) groups excluding carboxylic acids is 2. The largest absolute Gasteiger partial charge is 0.322 e. The van der Waals surface area contributed by atoms with Gasteiger partial charge in [-0.05, 0) is 6.92 Å². The van der Waals surface area contributed by atoms with Crippen LogP contribution in [0.15, 0.2) is 0 Å². The maximum Gasteiger partial charge on any atom is 0.242 e. The van der Waals surface area contributed by atoms with E-state index in [-0.39, 0.29) is 24.9 Å². The smallest absolute Gasteiger partial charge is 0.242 e. The first-order valence-corrected chi connectivity index (χ1v) is 2.93. The highest BCUT2D eigenvalue weighted by molar-refractivity contribution is 5.95. The highest BCUT2D eigenvalue weighted by Gasteiger charge is 2.12. The lowest BCUT2D eigenvalue weighted by molar-refractivity contribution is -0.141. The van der Waals surface area contributed by atoms with Gasteiger partial charge < -0.3 is 5.73 Å². The molecule has 4 nitrogen and oxygen atoms in total. The molecular formula is C6H11N2O2. The molecule has 4 heteroatoms. The minimum atomic E-state index is -0.387. The first-order valence-electron chi connectivity index (χ1n) is 2.93. The summed E-state index contributed by atoms with van der Waals surface area (Å²) < 4.78 is 0. The SMILES string of the molecule is [CH2]CN(C(C)=O)C(=O)CN. The lowest BCUT2D eigenvalue weighted by atomic mass is 10.4. The molecule has 1 radical (unpaired) electrons. The van der Waals surface area contributed by atoms with E-state index in [1.165, 1.54) is 6.92 Å². The molecule has 0 spiro atoms. The molecule has 2 N–H and O–H groups in total. The number of hydrogen-bond acceptors (Lipinski definition) is 3. The second-order valence-corrected chi connectivity index (χ2v) is 1.77. The summed E-state index contributed by atoms with van der Waals surface area (Å²) in [4.78, 5) is 22.3. The van der Waals surface area contributed by atoms with Crippen molar-refractivity contribution in [2.75, 3.05) is 13.1 Å². The van der Waals surface area contributed by atoms with Crippen molar-refractivity contribution in [3.8, 4) is 0 Å². The molecular weight excluding hydrogens is 132 g/mol. The molecule has 0 aliphatic heterocycles. The van der Waals surface area contributed by atoms with Gasteiger partial charge in [0.15, 0.2) is 0 Å². The quantitative estimate of drug-likeness (QED) is 0.548. The van der Waals surface area contributed by atoms with Gasteiger partial charge in [-0.3, -0.25) is 14.5 Å². The van der Waals surface area contributed by atoms with Gasteiger partial charge in [0.25, 0.3) is 0 Å². The number of nitrogens with zero attached hydrogens (tertiary/aromatic N) is 1. The summed E-state index contributed by atoms with van der Waals surface area (Å²) in [7, 11) is 0. The Hall–Kier alpha value is -0.900. The highest BCUT2D eigenvalue weighted by Crippen LogP contribution is 1.87. The van der Waals surface area contributed by atoms with E-state index in [9.17, 15) is 9.59 Å². The molecule has 0 aromatic rings. The van der Waals surface area contributed by atoms with Gasteiger partial charge in [0, 0.05) is 13.5 Å². The van der Waals surface area contributed by atoms with Crippen LogP contribution in [0.25, 0.3) is 0 Å². The molecule has 57 valence electrons. The van der Waals surface area contributed by atoms with Crippen LogP contribution >= 0.6 is 0 Å². The Morgan fingerprint density at radius 2 is 2.10 bits per heavy atom. The van der Waals surface area contributed by atoms with Crippen LogP contribution in [0.4, 0.5) is 0 Å². The van der Waals surface area contributed by atoms with Crippen molar-refractivity contribution in [1.82, 2.24) is 4.90 Å². The van der Waals surface area contributed by atoms with Crippen LogP contribution in [-0.2, 0) is 9.59 Å². The van der Waals surface area contributed by atoms with Crippen LogP contribution in [0.2, 0.25) is 0 Å². The fourth-order valence-corrected chi connectivity index (χ4v) is 0.568. The van der Waals surface area contributed by atoms with Gasteiger partial charge in [-0.2, -0.15) is 0 Å². The average Bonchev–Trinajstić information content (AvgIpc) is 1.88. The molecule has 0 rings (SSSR count). The third-order valence-corrected chi connectivity index (χ3v) is 1.08. The molecule has 0 aromatic heterocycles. The van der Waals surface area contributed by atoms with Gasteiger partial charge in [-0.1, -0.05) is 0 Å². The van der Waals surface area contributed by atoms with E-state index in [1.54, 1.807) is 0 Å². The normalized spacial score (nSPS) is 9.10. The van der Waals surface area contributed by atoms with E-state index < -0.39 is 0 Å². The molecule has 0 aliphatic carbocycles.